The number of ether oxygens (including phenoxy) is 1. The molecule has 1 fully saturated rings. The van der Waals surface area contributed by atoms with Crippen molar-refractivity contribution in [3.05, 3.63) is 0 Å². The lowest BCUT2D eigenvalue weighted by atomic mass is 10.0. The summed E-state index contributed by atoms with van der Waals surface area (Å²) in [6.07, 6.45) is 4.09. The van der Waals surface area contributed by atoms with Gasteiger partial charge in [-0.05, 0) is 39.8 Å². The largest absolute Gasteiger partial charge is 0.383 e. The first-order chi connectivity index (χ1) is 7.19. The van der Waals surface area contributed by atoms with Gasteiger partial charge in [-0.3, -0.25) is 0 Å². The average Bonchev–Trinajstić information content (AvgIpc) is 2.65. The van der Waals surface area contributed by atoms with Crippen molar-refractivity contribution in [2.75, 3.05) is 34.4 Å². The van der Waals surface area contributed by atoms with Crippen LogP contribution in [0.3, 0.4) is 0 Å². The molecule has 0 spiro atoms. The molecule has 90 valence electrons. The number of methoxy groups -OCH3 is 1. The van der Waals surface area contributed by atoms with Gasteiger partial charge in [0.15, 0.2) is 0 Å². The van der Waals surface area contributed by atoms with E-state index >= 15 is 0 Å². The second-order valence-electron chi connectivity index (χ2n) is 4.83. The van der Waals surface area contributed by atoms with Crippen LogP contribution in [0, 0.1) is 5.92 Å². The Morgan fingerprint density at radius 1 is 1.47 bits per heavy atom. The van der Waals surface area contributed by atoms with Gasteiger partial charge in [-0.25, -0.2) is 0 Å². The van der Waals surface area contributed by atoms with Gasteiger partial charge in [0, 0.05) is 25.7 Å². The molecule has 15 heavy (non-hydrogen) atoms. The molecule has 0 aromatic heterocycles. The minimum Gasteiger partial charge on any atom is -0.383 e. The molecule has 0 bridgehead atoms. The summed E-state index contributed by atoms with van der Waals surface area (Å²) in [5.74, 6) is 0.819. The maximum absolute atomic E-state index is 5.19. The Labute approximate surface area is 94.2 Å². The molecule has 3 heteroatoms. The van der Waals surface area contributed by atoms with Gasteiger partial charge in [0.1, 0.15) is 0 Å². The van der Waals surface area contributed by atoms with Crippen LogP contribution in [0.25, 0.3) is 0 Å². The molecule has 1 aliphatic carbocycles. The van der Waals surface area contributed by atoms with E-state index in [1.54, 1.807) is 7.11 Å². The number of nitrogens with one attached hydrogen (secondary N) is 1. The maximum atomic E-state index is 5.19. The molecule has 3 unspecified atom stereocenters. The van der Waals surface area contributed by atoms with Crippen molar-refractivity contribution in [2.45, 2.75) is 38.3 Å². The molecule has 0 heterocycles. The molecule has 0 aliphatic heterocycles. The third kappa shape index (κ3) is 3.74. The van der Waals surface area contributed by atoms with Gasteiger partial charge in [-0.1, -0.05) is 6.42 Å². The van der Waals surface area contributed by atoms with Crippen molar-refractivity contribution in [1.82, 2.24) is 10.2 Å². The van der Waals surface area contributed by atoms with Crippen LogP contribution in [-0.4, -0.2) is 51.3 Å². The fraction of sp³-hybridized carbons (Fsp3) is 1.00. The predicted molar refractivity (Wildman–Crippen MR) is 64.2 cm³/mol. The number of rotatable bonds is 6. The van der Waals surface area contributed by atoms with E-state index in [0.717, 1.165) is 18.6 Å². The number of hydrogen-bond acceptors (Lipinski definition) is 3. The van der Waals surface area contributed by atoms with Crippen LogP contribution in [-0.2, 0) is 4.74 Å². The second-order valence-corrected chi connectivity index (χ2v) is 4.83. The highest BCUT2D eigenvalue weighted by Crippen LogP contribution is 2.26. The third-order valence-corrected chi connectivity index (χ3v) is 3.71. The zero-order chi connectivity index (χ0) is 11.3. The molecule has 1 rings (SSSR count). The Balaban J connectivity index is 2.33. The van der Waals surface area contributed by atoms with E-state index in [1.165, 1.54) is 25.8 Å². The van der Waals surface area contributed by atoms with E-state index in [4.69, 9.17) is 4.74 Å². The van der Waals surface area contributed by atoms with Crippen LogP contribution in [0.5, 0.6) is 0 Å². The lowest BCUT2D eigenvalue weighted by molar-refractivity contribution is 0.103. The highest BCUT2D eigenvalue weighted by atomic mass is 16.5. The van der Waals surface area contributed by atoms with E-state index in [9.17, 15) is 0 Å². The minimum absolute atomic E-state index is 0.521. The molecule has 1 saturated carbocycles. The fourth-order valence-electron chi connectivity index (χ4n) is 2.55. The van der Waals surface area contributed by atoms with Crippen molar-refractivity contribution in [3.63, 3.8) is 0 Å². The quantitative estimate of drug-likeness (QED) is 0.722. The standard InChI is InChI=1S/C12H26N2O/c1-10(9-15-4)14(3)8-11-6-5-7-12(11)13-2/h10-13H,5-9H2,1-4H3. The van der Waals surface area contributed by atoms with Gasteiger partial charge in [-0.15, -0.1) is 0 Å². The number of likely N-dealkylation sites (N-methyl/N-ethyl adjacent to an activating group) is 1. The smallest absolute Gasteiger partial charge is 0.0615 e. The highest BCUT2D eigenvalue weighted by Gasteiger charge is 2.27. The summed E-state index contributed by atoms with van der Waals surface area (Å²) in [4.78, 5) is 2.42. The normalized spacial score (nSPS) is 28.6. The maximum Gasteiger partial charge on any atom is 0.0615 e. The van der Waals surface area contributed by atoms with Gasteiger partial charge in [0.2, 0.25) is 0 Å². The molecule has 3 atom stereocenters. The van der Waals surface area contributed by atoms with Crippen molar-refractivity contribution >= 4 is 0 Å². The monoisotopic (exact) mass is 214 g/mol. The number of hydrogen-bond donors (Lipinski definition) is 1. The first-order valence-electron chi connectivity index (χ1n) is 6.05. The molecule has 3 nitrogen and oxygen atoms in total. The Bertz CT molecular complexity index is 175. The summed E-state index contributed by atoms with van der Waals surface area (Å²) in [6, 6.07) is 1.25. The summed E-state index contributed by atoms with van der Waals surface area (Å²) in [5, 5.41) is 3.43. The van der Waals surface area contributed by atoms with Gasteiger partial charge >= 0.3 is 0 Å². The zero-order valence-corrected chi connectivity index (χ0v) is 10.6. The van der Waals surface area contributed by atoms with Crippen molar-refractivity contribution < 1.29 is 4.74 Å². The zero-order valence-electron chi connectivity index (χ0n) is 10.6. The van der Waals surface area contributed by atoms with Gasteiger partial charge in [-0.2, -0.15) is 0 Å². The molecular weight excluding hydrogens is 188 g/mol. The lowest BCUT2D eigenvalue weighted by Gasteiger charge is -2.29. The Hall–Kier alpha value is -0.120. The van der Waals surface area contributed by atoms with Crippen molar-refractivity contribution in [1.29, 1.82) is 0 Å². The molecule has 0 radical (unpaired) electrons. The molecular formula is C12H26N2O. The topological polar surface area (TPSA) is 24.5 Å². The SMILES string of the molecule is CNC1CCCC1CN(C)C(C)COC. The molecule has 0 amide bonds. The molecule has 1 aliphatic rings. The van der Waals surface area contributed by atoms with Crippen LogP contribution >= 0.6 is 0 Å². The van der Waals surface area contributed by atoms with Gasteiger partial charge < -0.3 is 15.0 Å². The lowest BCUT2D eigenvalue weighted by Crippen LogP contribution is -2.41. The summed E-state index contributed by atoms with van der Waals surface area (Å²) < 4.78 is 5.19. The van der Waals surface area contributed by atoms with E-state index in [2.05, 4.69) is 31.2 Å². The van der Waals surface area contributed by atoms with Crippen LogP contribution in [0.1, 0.15) is 26.2 Å². The van der Waals surface area contributed by atoms with Gasteiger partial charge in [0.25, 0.3) is 0 Å². The molecule has 1 N–H and O–H groups in total. The highest BCUT2D eigenvalue weighted by molar-refractivity contribution is 4.84. The van der Waals surface area contributed by atoms with Crippen LogP contribution in [0.2, 0.25) is 0 Å². The van der Waals surface area contributed by atoms with E-state index in [0.29, 0.717) is 6.04 Å². The molecule has 0 aromatic carbocycles. The fourth-order valence-corrected chi connectivity index (χ4v) is 2.55. The predicted octanol–water partition coefficient (Wildman–Crippen LogP) is 1.34. The van der Waals surface area contributed by atoms with E-state index in [1.807, 2.05) is 0 Å². The summed E-state index contributed by atoms with van der Waals surface area (Å²) >= 11 is 0. The Morgan fingerprint density at radius 2 is 2.20 bits per heavy atom. The van der Waals surface area contributed by atoms with Crippen LogP contribution in [0.4, 0.5) is 0 Å². The number of nitrogens with zero attached hydrogens (tertiary/aromatic N) is 1. The van der Waals surface area contributed by atoms with Crippen LogP contribution < -0.4 is 5.32 Å². The Morgan fingerprint density at radius 3 is 2.80 bits per heavy atom. The Kier molecular flexibility index (Phi) is 5.58. The van der Waals surface area contributed by atoms with E-state index in [-0.39, 0.29) is 0 Å². The summed E-state index contributed by atoms with van der Waals surface area (Å²) in [6.45, 7) is 4.25. The van der Waals surface area contributed by atoms with Gasteiger partial charge in [0.05, 0.1) is 6.61 Å². The minimum atomic E-state index is 0.521. The van der Waals surface area contributed by atoms with Crippen molar-refractivity contribution in [3.8, 4) is 0 Å². The average molecular weight is 214 g/mol. The summed E-state index contributed by atoms with van der Waals surface area (Å²) in [5.41, 5.74) is 0. The third-order valence-electron chi connectivity index (χ3n) is 3.71. The second kappa shape index (κ2) is 6.46. The molecule has 0 aromatic rings. The first-order valence-corrected chi connectivity index (χ1v) is 6.05. The van der Waals surface area contributed by atoms with Crippen LogP contribution in [0.15, 0.2) is 0 Å². The summed E-state index contributed by atoms with van der Waals surface area (Å²) in [7, 11) is 6.06. The van der Waals surface area contributed by atoms with Crippen molar-refractivity contribution in [2.24, 2.45) is 5.92 Å². The first kappa shape index (κ1) is 12.9. The molecule has 0 saturated heterocycles. The van der Waals surface area contributed by atoms with E-state index < -0.39 is 0 Å².